The van der Waals surface area contributed by atoms with Crippen LogP contribution in [0.1, 0.15) is 12.0 Å². The van der Waals surface area contributed by atoms with Crippen molar-refractivity contribution in [1.29, 1.82) is 0 Å². The van der Waals surface area contributed by atoms with Crippen LogP contribution in [0.4, 0.5) is 4.39 Å². The maximum absolute atomic E-state index is 13.3. The molecule has 5 heteroatoms. The van der Waals surface area contributed by atoms with E-state index in [0.717, 1.165) is 5.56 Å². The molecule has 3 N–H and O–H groups in total. The maximum Gasteiger partial charge on any atom is 0.234 e. The maximum atomic E-state index is 13.3. The van der Waals surface area contributed by atoms with Crippen LogP contribution in [0.3, 0.4) is 0 Å². The van der Waals surface area contributed by atoms with Gasteiger partial charge in [-0.3, -0.25) is 4.79 Å². The molecule has 0 aromatic heterocycles. The van der Waals surface area contributed by atoms with Crippen LogP contribution < -0.4 is 15.8 Å². The molecule has 0 radical (unpaired) electrons. The Labute approximate surface area is 100.0 Å². The molecule has 0 heterocycles. The van der Waals surface area contributed by atoms with E-state index in [4.69, 9.17) is 10.5 Å². The van der Waals surface area contributed by atoms with Crippen molar-refractivity contribution >= 4 is 5.91 Å². The highest BCUT2D eigenvalue weighted by atomic mass is 19.1. The number of halogens is 1. The van der Waals surface area contributed by atoms with Crippen molar-refractivity contribution in [3.63, 3.8) is 0 Å². The third kappa shape index (κ3) is 4.03. The number of carbonyl (C=O) groups excluding carboxylic acids is 1. The highest BCUT2D eigenvalue weighted by molar-refractivity contribution is 5.79. The summed E-state index contributed by atoms with van der Waals surface area (Å²) in [6.45, 7) is 2.08. The first-order valence-electron chi connectivity index (χ1n) is 5.40. The van der Waals surface area contributed by atoms with Gasteiger partial charge >= 0.3 is 0 Å². The summed E-state index contributed by atoms with van der Waals surface area (Å²) in [6.07, 6.45) is 0.402. The lowest BCUT2D eigenvalue weighted by atomic mass is 10.2. The van der Waals surface area contributed by atoms with Crippen LogP contribution in [0.25, 0.3) is 0 Å². The van der Waals surface area contributed by atoms with Crippen LogP contribution in [-0.4, -0.2) is 25.6 Å². The highest BCUT2D eigenvalue weighted by Crippen LogP contribution is 2.18. The minimum atomic E-state index is -0.456. The van der Waals surface area contributed by atoms with Gasteiger partial charge in [0.1, 0.15) is 0 Å². The Morgan fingerprint density at radius 1 is 1.59 bits per heavy atom. The third-order valence-electron chi connectivity index (χ3n) is 2.44. The van der Waals surface area contributed by atoms with E-state index in [1.807, 2.05) is 6.92 Å². The average Bonchev–Trinajstić information content (AvgIpc) is 2.28. The van der Waals surface area contributed by atoms with Crippen molar-refractivity contribution in [2.24, 2.45) is 5.73 Å². The van der Waals surface area contributed by atoms with Gasteiger partial charge < -0.3 is 15.8 Å². The molecule has 0 aliphatic carbocycles. The molecule has 0 fully saturated rings. The monoisotopic (exact) mass is 240 g/mol. The predicted molar refractivity (Wildman–Crippen MR) is 63.3 cm³/mol. The number of nitrogens with one attached hydrogen (secondary N) is 1. The molecule has 1 aromatic rings. The number of nitrogens with two attached hydrogens (primary N) is 1. The second kappa shape index (κ2) is 6.20. The molecule has 0 aliphatic heterocycles. The molecule has 0 spiro atoms. The van der Waals surface area contributed by atoms with Gasteiger partial charge in [-0.1, -0.05) is 6.07 Å². The van der Waals surface area contributed by atoms with Crippen molar-refractivity contribution in [2.75, 3.05) is 13.7 Å². The Balaban J connectivity index is 2.50. The van der Waals surface area contributed by atoms with E-state index in [9.17, 15) is 9.18 Å². The third-order valence-corrected chi connectivity index (χ3v) is 2.44. The second-order valence-corrected chi connectivity index (χ2v) is 3.81. The van der Waals surface area contributed by atoms with E-state index in [1.165, 1.54) is 6.07 Å². The van der Waals surface area contributed by atoms with Gasteiger partial charge in [0.25, 0.3) is 0 Å². The fourth-order valence-electron chi connectivity index (χ4n) is 1.44. The van der Waals surface area contributed by atoms with E-state index < -0.39 is 17.8 Å². The Hall–Kier alpha value is -1.62. The Kier molecular flexibility index (Phi) is 4.90. The van der Waals surface area contributed by atoms with Gasteiger partial charge in [0.2, 0.25) is 5.91 Å². The van der Waals surface area contributed by atoms with Crippen molar-refractivity contribution in [1.82, 2.24) is 5.32 Å². The van der Waals surface area contributed by atoms with Crippen molar-refractivity contribution in [3.05, 3.63) is 29.6 Å². The van der Waals surface area contributed by atoms with E-state index in [0.29, 0.717) is 6.42 Å². The Morgan fingerprint density at radius 2 is 2.29 bits per heavy atom. The molecule has 0 bridgehead atoms. The number of benzene rings is 1. The molecule has 17 heavy (non-hydrogen) atoms. The van der Waals surface area contributed by atoms with E-state index in [2.05, 4.69) is 5.32 Å². The number of amides is 1. The number of likely N-dealkylation sites (N-methyl/N-ethyl adjacent to an activating group) is 1. The van der Waals surface area contributed by atoms with Crippen LogP contribution in [0.5, 0.6) is 5.75 Å². The smallest absolute Gasteiger partial charge is 0.234 e. The molecule has 4 nitrogen and oxygen atoms in total. The highest BCUT2D eigenvalue weighted by Gasteiger charge is 2.12. The van der Waals surface area contributed by atoms with E-state index >= 15 is 0 Å². The summed E-state index contributed by atoms with van der Waals surface area (Å²) in [5.41, 5.74) is 6.07. The van der Waals surface area contributed by atoms with E-state index in [-0.39, 0.29) is 12.4 Å². The van der Waals surface area contributed by atoms with Crippen molar-refractivity contribution < 1.29 is 13.9 Å². The second-order valence-electron chi connectivity index (χ2n) is 3.81. The first-order valence-corrected chi connectivity index (χ1v) is 5.40. The normalized spacial score (nSPS) is 12.2. The molecule has 1 amide bonds. The zero-order valence-corrected chi connectivity index (χ0v) is 10.00. The summed E-state index contributed by atoms with van der Waals surface area (Å²) in [4.78, 5) is 10.9. The molecule has 0 saturated carbocycles. The molecule has 0 saturated heterocycles. The minimum absolute atomic E-state index is 0.198. The Bertz CT molecular complexity index is 396. The minimum Gasteiger partial charge on any atom is -0.490 e. The number of hydrogen-bond acceptors (Lipinski definition) is 3. The lowest BCUT2D eigenvalue weighted by molar-refractivity contribution is -0.120. The standard InChI is InChI=1S/C12H17FN2O2/c1-8-3-4-9(13)11(7-8)17-6-5-10(15-2)12(14)16/h3-4,7,10,15H,5-6H2,1-2H3,(H2,14,16). The summed E-state index contributed by atoms with van der Waals surface area (Å²) in [5.74, 6) is -0.652. The van der Waals surface area contributed by atoms with Gasteiger partial charge in [-0.2, -0.15) is 0 Å². The van der Waals surface area contributed by atoms with Gasteiger partial charge in [0, 0.05) is 6.42 Å². The van der Waals surface area contributed by atoms with Crippen LogP contribution in [0, 0.1) is 12.7 Å². The molecule has 1 atom stereocenters. The number of hydrogen-bond donors (Lipinski definition) is 2. The van der Waals surface area contributed by atoms with Gasteiger partial charge in [0.15, 0.2) is 11.6 Å². The number of primary amides is 1. The number of carbonyl (C=O) groups is 1. The van der Waals surface area contributed by atoms with Crippen molar-refractivity contribution in [3.8, 4) is 5.75 Å². The number of ether oxygens (including phenoxy) is 1. The van der Waals surface area contributed by atoms with Crippen LogP contribution >= 0.6 is 0 Å². The summed E-state index contributed by atoms with van der Waals surface area (Å²) in [6, 6.07) is 4.19. The van der Waals surface area contributed by atoms with Crippen LogP contribution in [0.2, 0.25) is 0 Å². The quantitative estimate of drug-likeness (QED) is 0.779. The molecule has 1 aromatic carbocycles. The van der Waals surface area contributed by atoms with Gasteiger partial charge in [-0.05, 0) is 31.7 Å². The van der Waals surface area contributed by atoms with E-state index in [1.54, 1.807) is 19.2 Å². The SMILES string of the molecule is CNC(CCOc1cc(C)ccc1F)C(N)=O. The Morgan fingerprint density at radius 3 is 2.88 bits per heavy atom. The summed E-state index contributed by atoms with van der Waals surface area (Å²) >= 11 is 0. The lowest BCUT2D eigenvalue weighted by Gasteiger charge is -2.13. The number of aryl methyl sites for hydroxylation is 1. The molecule has 1 unspecified atom stereocenters. The molecular formula is C12H17FN2O2. The summed E-state index contributed by atoms with van der Waals surface area (Å²) in [5, 5.41) is 2.77. The molecule has 1 rings (SSSR count). The number of rotatable bonds is 6. The fraction of sp³-hybridized carbons (Fsp3) is 0.417. The summed E-state index contributed by atoms with van der Waals surface area (Å²) in [7, 11) is 1.64. The largest absolute Gasteiger partial charge is 0.490 e. The van der Waals surface area contributed by atoms with Gasteiger partial charge in [-0.15, -0.1) is 0 Å². The first-order chi connectivity index (χ1) is 8.04. The molecular weight excluding hydrogens is 223 g/mol. The predicted octanol–water partition coefficient (Wildman–Crippen LogP) is 0.976. The average molecular weight is 240 g/mol. The van der Waals surface area contributed by atoms with Crippen molar-refractivity contribution in [2.45, 2.75) is 19.4 Å². The van der Waals surface area contributed by atoms with Crippen LogP contribution in [0.15, 0.2) is 18.2 Å². The zero-order chi connectivity index (χ0) is 12.8. The van der Waals surface area contributed by atoms with Gasteiger partial charge in [0.05, 0.1) is 12.6 Å². The topological polar surface area (TPSA) is 64.3 Å². The first kappa shape index (κ1) is 13.4. The molecule has 94 valence electrons. The fourth-order valence-corrected chi connectivity index (χ4v) is 1.44. The van der Waals surface area contributed by atoms with Gasteiger partial charge in [-0.25, -0.2) is 4.39 Å². The van der Waals surface area contributed by atoms with Crippen LogP contribution in [-0.2, 0) is 4.79 Å². The summed E-state index contributed by atoms with van der Waals surface area (Å²) < 4.78 is 18.6. The molecule has 0 aliphatic rings. The zero-order valence-electron chi connectivity index (χ0n) is 10.00. The lowest BCUT2D eigenvalue weighted by Crippen LogP contribution is -2.40.